The molecule has 0 aromatic heterocycles. The van der Waals surface area contributed by atoms with E-state index >= 15 is 0 Å². The topological polar surface area (TPSA) is 35.5 Å². The van der Waals surface area contributed by atoms with Crippen LogP contribution >= 0.6 is 0 Å². The minimum absolute atomic E-state index is 0.0854. The maximum Gasteiger partial charge on any atom is 0.304 e. The molecule has 0 heterocycles. The summed E-state index contributed by atoms with van der Waals surface area (Å²) < 4.78 is 9.57. The molecule has 1 aromatic rings. The van der Waals surface area contributed by atoms with E-state index in [1.807, 2.05) is 50.2 Å². The van der Waals surface area contributed by atoms with E-state index in [0.29, 0.717) is 12.5 Å². The van der Waals surface area contributed by atoms with Crippen LogP contribution in [-0.4, -0.2) is 19.4 Å². The Morgan fingerprint density at radius 2 is 1.42 bits per heavy atom. The molecule has 0 amide bonds. The molecule has 19 heavy (non-hydrogen) atoms. The number of carbonyl (C=O) groups is 1. The van der Waals surface area contributed by atoms with E-state index in [1.54, 1.807) is 0 Å². The maximum absolute atomic E-state index is 10.2. The molecule has 0 saturated carbocycles. The average molecular weight is 268 g/mol. The van der Waals surface area contributed by atoms with Crippen molar-refractivity contribution in [1.82, 2.24) is 0 Å². The molecule has 0 atom stereocenters. The normalized spacial score (nSPS) is 8.74. The third kappa shape index (κ3) is 22.3. The van der Waals surface area contributed by atoms with E-state index < -0.39 is 0 Å². The molecule has 0 unspecified atom stereocenters. The molecule has 110 valence electrons. The molecule has 0 spiro atoms. The number of hydrogen-bond acceptors (Lipinski definition) is 3. The summed E-state index contributed by atoms with van der Waals surface area (Å²) in [6, 6.07) is 12.0. The van der Waals surface area contributed by atoms with Gasteiger partial charge in [0.2, 0.25) is 0 Å². The smallest absolute Gasteiger partial charge is 0.304 e. The van der Waals surface area contributed by atoms with Gasteiger partial charge >= 0.3 is 5.97 Å². The van der Waals surface area contributed by atoms with Crippen LogP contribution in [0.4, 0.5) is 0 Å². The lowest BCUT2D eigenvalue weighted by atomic mass is 10.1. The lowest BCUT2D eigenvalue weighted by molar-refractivity contribution is -0.153. The van der Waals surface area contributed by atoms with Gasteiger partial charge in [0.1, 0.15) is 0 Å². The van der Waals surface area contributed by atoms with E-state index in [4.69, 9.17) is 4.74 Å². The third-order valence-electron chi connectivity index (χ3n) is 1.85. The number of rotatable bonds is 5. The van der Waals surface area contributed by atoms with Gasteiger partial charge in [0.05, 0.1) is 6.61 Å². The fraction of sp³-hybridized carbons (Fsp3) is 0.562. The van der Waals surface area contributed by atoms with Gasteiger partial charge in [-0.1, -0.05) is 64.1 Å². The Hall–Kier alpha value is -1.35. The highest BCUT2D eigenvalue weighted by Gasteiger charge is 1.94. The molecule has 0 bridgehead atoms. The molecule has 0 aliphatic heterocycles. The molecular formula is C16H28O3. The summed E-state index contributed by atoms with van der Waals surface area (Å²) in [5.74, 6) is 0.335. The predicted octanol–water partition coefficient (Wildman–Crippen LogP) is 4.28. The minimum atomic E-state index is -0.297. The van der Waals surface area contributed by atoms with Crippen LogP contribution in [0.3, 0.4) is 0 Å². The van der Waals surface area contributed by atoms with Crippen LogP contribution in [0.2, 0.25) is 0 Å². The first-order valence-corrected chi connectivity index (χ1v) is 6.84. The van der Waals surface area contributed by atoms with Crippen LogP contribution in [0.25, 0.3) is 0 Å². The third-order valence-corrected chi connectivity index (χ3v) is 1.85. The van der Waals surface area contributed by atoms with E-state index in [9.17, 15) is 4.79 Å². The standard InChI is InChI=1S/C8H16O3.C6H6.C2H6/c1-7(2)4-5-10-6-11-8(3)9;1-2-4-6-5-3-1;1-2/h7H,4-6H2,1-3H3;1-6H;1-2H3. The zero-order chi connectivity index (χ0) is 14.9. The van der Waals surface area contributed by atoms with Gasteiger partial charge < -0.3 is 9.47 Å². The summed E-state index contributed by atoms with van der Waals surface area (Å²) >= 11 is 0. The summed E-state index contributed by atoms with van der Waals surface area (Å²) in [6.45, 7) is 10.4. The van der Waals surface area contributed by atoms with Crippen LogP contribution in [0, 0.1) is 5.92 Å². The van der Waals surface area contributed by atoms with E-state index in [0.717, 1.165) is 6.42 Å². The highest BCUT2D eigenvalue weighted by atomic mass is 16.7. The lowest BCUT2D eigenvalue weighted by Gasteiger charge is -2.05. The zero-order valence-electron chi connectivity index (χ0n) is 12.9. The van der Waals surface area contributed by atoms with Crippen molar-refractivity contribution in [2.24, 2.45) is 5.92 Å². The van der Waals surface area contributed by atoms with Crippen molar-refractivity contribution in [2.75, 3.05) is 13.4 Å². The maximum atomic E-state index is 10.2. The van der Waals surface area contributed by atoms with Gasteiger partial charge in [0, 0.05) is 6.92 Å². The van der Waals surface area contributed by atoms with Crippen molar-refractivity contribution in [1.29, 1.82) is 0 Å². The molecule has 1 aromatic carbocycles. The van der Waals surface area contributed by atoms with E-state index in [-0.39, 0.29) is 12.8 Å². The second-order valence-electron chi connectivity index (χ2n) is 4.00. The van der Waals surface area contributed by atoms with E-state index in [2.05, 4.69) is 18.6 Å². The van der Waals surface area contributed by atoms with Crippen molar-refractivity contribution >= 4 is 5.97 Å². The molecule has 0 radical (unpaired) electrons. The number of hydrogen-bond donors (Lipinski definition) is 0. The van der Waals surface area contributed by atoms with Crippen LogP contribution in [0.1, 0.15) is 41.0 Å². The van der Waals surface area contributed by atoms with Crippen LogP contribution < -0.4 is 0 Å². The Labute approximate surface area is 117 Å². The summed E-state index contributed by atoms with van der Waals surface area (Å²) in [4.78, 5) is 10.2. The Morgan fingerprint density at radius 1 is 1.00 bits per heavy atom. The van der Waals surface area contributed by atoms with E-state index in [1.165, 1.54) is 6.92 Å². The lowest BCUT2D eigenvalue weighted by Crippen LogP contribution is -2.06. The summed E-state index contributed by atoms with van der Waals surface area (Å²) in [5, 5.41) is 0. The van der Waals surface area contributed by atoms with Gasteiger partial charge in [-0.15, -0.1) is 0 Å². The number of benzene rings is 1. The first-order valence-electron chi connectivity index (χ1n) is 6.84. The first-order chi connectivity index (χ1) is 9.13. The Bertz CT molecular complexity index is 244. The predicted molar refractivity (Wildman–Crippen MR) is 79.8 cm³/mol. The quantitative estimate of drug-likeness (QED) is 0.454. The summed E-state index contributed by atoms with van der Waals surface area (Å²) in [5.41, 5.74) is 0. The number of carbonyl (C=O) groups excluding carboxylic acids is 1. The van der Waals surface area contributed by atoms with Crippen molar-refractivity contribution < 1.29 is 14.3 Å². The molecule has 3 nitrogen and oxygen atoms in total. The largest absolute Gasteiger partial charge is 0.439 e. The van der Waals surface area contributed by atoms with Crippen molar-refractivity contribution in [2.45, 2.75) is 41.0 Å². The Morgan fingerprint density at radius 3 is 1.74 bits per heavy atom. The Kier molecular flexibility index (Phi) is 17.5. The fourth-order valence-electron chi connectivity index (χ4n) is 0.888. The average Bonchev–Trinajstić information content (AvgIpc) is 2.42. The molecular weight excluding hydrogens is 240 g/mol. The number of ether oxygens (including phenoxy) is 2. The molecule has 0 N–H and O–H groups in total. The van der Waals surface area contributed by atoms with Crippen LogP contribution in [0.5, 0.6) is 0 Å². The van der Waals surface area contributed by atoms with Crippen LogP contribution in [-0.2, 0) is 14.3 Å². The monoisotopic (exact) mass is 268 g/mol. The van der Waals surface area contributed by atoms with Gasteiger partial charge in [-0.05, 0) is 12.3 Å². The van der Waals surface area contributed by atoms with Crippen molar-refractivity contribution in [3.63, 3.8) is 0 Å². The second kappa shape index (κ2) is 16.6. The highest BCUT2D eigenvalue weighted by molar-refractivity contribution is 5.65. The van der Waals surface area contributed by atoms with Gasteiger partial charge in [-0.25, -0.2) is 0 Å². The van der Waals surface area contributed by atoms with Crippen LogP contribution in [0.15, 0.2) is 36.4 Å². The molecule has 1 rings (SSSR count). The fourth-order valence-corrected chi connectivity index (χ4v) is 0.888. The van der Waals surface area contributed by atoms with Gasteiger partial charge in [-0.3, -0.25) is 4.79 Å². The summed E-state index contributed by atoms with van der Waals surface area (Å²) in [6.07, 6.45) is 1.00. The molecule has 3 heteroatoms. The van der Waals surface area contributed by atoms with Gasteiger partial charge in [0.25, 0.3) is 0 Å². The van der Waals surface area contributed by atoms with Gasteiger partial charge in [-0.2, -0.15) is 0 Å². The SMILES string of the molecule is CC.CC(=O)OCOCCC(C)C.c1ccccc1. The second-order valence-corrected chi connectivity index (χ2v) is 4.00. The van der Waals surface area contributed by atoms with Crippen molar-refractivity contribution in [3.05, 3.63) is 36.4 Å². The highest BCUT2D eigenvalue weighted by Crippen LogP contribution is 1.98. The molecule has 0 aliphatic carbocycles. The summed E-state index contributed by atoms with van der Waals surface area (Å²) in [7, 11) is 0. The first kappa shape index (κ1) is 20.0. The molecule has 0 saturated heterocycles. The zero-order valence-corrected chi connectivity index (χ0v) is 12.9. The van der Waals surface area contributed by atoms with Gasteiger partial charge in [0.15, 0.2) is 6.79 Å². The molecule has 0 aliphatic rings. The number of esters is 1. The minimum Gasteiger partial charge on any atom is -0.439 e. The Balaban J connectivity index is 0. The molecule has 0 fully saturated rings. The van der Waals surface area contributed by atoms with Crippen molar-refractivity contribution in [3.8, 4) is 0 Å².